The number of aromatic nitrogens is 2. The Labute approximate surface area is 136 Å². The Morgan fingerprint density at radius 2 is 1.83 bits per heavy atom. The lowest BCUT2D eigenvalue weighted by Gasteiger charge is -2.08. The molecule has 2 aromatic rings. The van der Waals surface area contributed by atoms with Crippen LogP contribution in [0.4, 0.5) is 0 Å². The summed E-state index contributed by atoms with van der Waals surface area (Å²) in [5.74, 6) is 2.01. The Hall–Kier alpha value is -2.21. The molecule has 0 N–H and O–H groups in total. The molecule has 126 valence electrons. The second kappa shape index (κ2) is 9.74. The first-order valence-corrected chi connectivity index (χ1v) is 7.56. The summed E-state index contributed by atoms with van der Waals surface area (Å²) < 4.78 is 15.1. The van der Waals surface area contributed by atoms with Gasteiger partial charge in [0.1, 0.15) is 5.75 Å². The highest BCUT2D eigenvalue weighted by Crippen LogP contribution is 2.22. The van der Waals surface area contributed by atoms with E-state index in [1.807, 2.05) is 32.9 Å². The minimum absolute atomic E-state index is 0.206. The lowest BCUT2D eigenvalue weighted by Crippen LogP contribution is -2.12. The molecular weight excluding hydrogens is 296 g/mol. The molecule has 0 aliphatic carbocycles. The fraction of sp³-hybridized carbons (Fsp3) is 0.471. The van der Waals surface area contributed by atoms with Crippen molar-refractivity contribution in [3.05, 3.63) is 30.2 Å². The van der Waals surface area contributed by atoms with E-state index in [2.05, 4.69) is 14.9 Å². The average Bonchev–Trinajstić information content (AvgIpc) is 3.06. The molecule has 0 aliphatic rings. The second-order valence-electron chi connectivity index (χ2n) is 5.17. The highest BCUT2D eigenvalue weighted by Gasteiger charge is 2.11. The van der Waals surface area contributed by atoms with Crippen LogP contribution in [0.25, 0.3) is 11.4 Å². The van der Waals surface area contributed by atoms with Gasteiger partial charge in [0, 0.05) is 25.2 Å². The van der Waals surface area contributed by atoms with Crippen molar-refractivity contribution in [1.82, 2.24) is 10.1 Å². The average molecular weight is 320 g/mol. The molecule has 1 aromatic heterocycles. The number of methoxy groups -OCH3 is 1. The van der Waals surface area contributed by atoms with Gasteiger partial charge in [0.2, 0.25) is 11.7 Å². The molecule has 0 saturated heterocycles. The smallest absolute Gasteiger partial charge is 0.229 e. The highest BCUT2D eigenvalue weighted by atomic mass is 16.5. The summed E-state index contributed by atoms with van der Waals surface area (Å²) in [5, 5.41) is 3.93. The van der Waals surface area contributed by atoms with Crippen molar-refractivity contribution in [1.29, 1.82) is 0 Å². The third-order valence-corrected chi connectivity index (χ3v) is 2.85. The largest absolute Gasteiger partial charge is 0.483 e. The van der Waals surface area contributed by atoms with Crippen molar-refractivity contribution in [2.45, 2.75) is 39.7 Å². The zero-order valence-corrected chi connectivity index (χ0v) is 14.3. The quantitative estimate of drug-likeness (QED) is 0.759. The van der Waals surface area contributed by atoms with E-state index in [4.69, 9.17) is 9.26 Å². The third-order valence-electron chi connectivity index (χ3n) is 2.85. The summed E-state index contributed by atoms with van der Waals surface area (Å²) >= 11 is 0. The SMILES string of the molecule is CC(C=O)Oc1ccc(-c2noc(C(C)C)n2)cc1.CCOC. The molecule has 23 heavy (non-hydrogen) atoms. The van der Waals surface area contributed by atoms with E-state index in [1.165, 1.54) is 0 Å². The second-order valence-corrected chi connectivity index (χ2v) is 5.17. The van der Waals surface area contributed by atoms with Gasteiger partial charge in [-0.15, -0.1) is 0 Å². The summed E-state index contributed by atoms with van der Waals surface area (Å²) in [4.78, 5) is 14.8. The van der Waals surface area contributed by atoms with Gasteiger partial charge in [-0.05, 0) is 38.1 Å². The number of aldehydes is 1. The van der Waals surface area contributed by atoms with Crippen molar-refractivity contribution in [2.24, 2.45) is 0 Å². The van der Waals surface area contributed by atoms with Crippen LogP contribution < -0.4 is 4.74 Å². The molecule has 0 spiro atoms. The number of hydrogen-bond donors (Lipinski definition) is 0. The molecule has 0 fully saturated rings. The van der Waals surface area contributed by atoms with Crippen molar-refractivity contribution in [2.75, 3.05) is 13.7 Å². The van der Waals surface area contributed by atoms with Gasteiger partial charge in [-0.1, -0.05) is 19.0 Å². The Balaban J connectivity index is 0.000000593. The minimum atomic E-state index is -0.455. The van der Waals surface area contributed by atoms with Gasteiger partial charge in [0.05, 0.1) is 0 Å². The third kappa shape index (κ3) is 6.20. The van der Waals surface area contributed by atoms with E-state index in [0.29, 0.717) is 17.5 Å². The maximum absolute atomic E-state index is 10.5. The standard InChI is InChI=1S/C14H16N2O3.C3H8O/c1-9(2)14-15-13(16-19-14)11-4-6-12(7-5-11)18-10(3)8-17;1-3-4-2/h4-10H,1-3H3;3H2,1-2H3. The fourth-order valence-corrected chi connectivity index (χ4v) is 1.51. The number of carbonyl (C=O) groups is 1. The van der Waals surface area contributed by atoms with Crippen LogP contribution in [0.15, 0.2) is 28.8 Å². The summed E-state index contributed by atoms with van der Waals surface area (Å²) in [6.07, 6.45) is 0.297. The van der Waals surface area contributed by atoms with Crippen LogP contribution in [0.5, 0.6) is 5.75 Å². The van der Waals surface area contributed by atoms with Crippen molar-refractivity contribution in [3.8, 4) is 17.1 Å². The minimum Gasteiger partial charge on any atom is -0.483 e. The number of ether oxygens (including phenoxy) is 2. The number of benzene rings is 1. The van der Waals surface area contributed by atoms with Crippen LogP contribution in [0.2, 0.25) is 0 Å². The van der Waals surface area contributed by atoms with Gasteiger partial charge in [-0.3, -0.25) is 4.79 Å². The van der Waals surface area contributed by atoms with Gasteiger partial charge < -0.3 is 14.0 Å². The molecule has 0 bridgehead atoms. The predicted molar refractivity (Wildman–Crippen MR) is 87.5 cm³/mol. The van der Waals surface area contributed by atoms with Crippen molar-refractivity contribution in [3.63, 3.8) is 0 Å². The van der Waals surface area contributed by atoms with Crippen molar-refractivity contribution >= 4 is 6.29 Å². The maximum Gasteiger partial charge on any atom is 0.229 e. The van der Waals surface area contributed by atoms with E-state index in [0.717, 1.165) is 18.5 Å². The Bertz CT molecular complexity index is 577. The Morgan fingerprint density at radius 1 is 1.22 bits per heavy atom. The number of hydrogen-bond acceptors (Lipinski definition) is 6. The maximum atomic E-state index is 10.5. The Kier molecular flexibility index (Phi) is 7.97. The summed E-state index contributed by atoms with van der Waals surface area (Å²) in [6.45, 7) is 8.46. The molecule has 1 unspecified atom stereocenters. The molecule has 0 radical (unpaired) electrons. The van der Waals surface area contributed by atoms with Crippen LogP contribution in [0.3, 0.4) is 0 Å². The number of rotatable bonds is 6. The van der Waals surface area contributed by atoms with E-state index in [1.54, 1.807) is 26.2 Å². The Morgan fingerprint density at radius 3 is 2.26 bits per heavy atom. The summed E-state index contributed by atoms with van der Waals surface area (Å²) in [6, 6.07) is 7.23. The molecule has 0 aliphatic heterocycles. The fourth-order valence-electron chi connectivity index (χ4n) is 1.51. The van der Waals surface area contributed by atoms with Gasteiger partial charge in [0.25, 0.3) is 0 Å². The number of nitrogens with zero attached hydrogens (tertiary/aromatic N) is 2. The predicted octanol–water partition coefficient (Wildman–Crippen LogP) is 3.48. The molecule has 6 nitrogen and oxygen atoms in total. The van der Waals surface area contributed by atoms with Crippen LogP contribution in [0.1, 0.15) is 39.5 Å². The van der Waals surface area contributed by atoms with E-state index < -0.39 is 6.10 Å². The molecule has 0 saturated carbocycles. The van der Waals surface area contributed by atoms with Gasteiger partial charge in [-0.25, -0.2) is 0 Å². The van der Waals surface area contributed by atoms with Crippen LogP contribution in [-0.4, -0.2) is 36.2 Å². The van der Waals surface area contributed by atoms with Gasteiger partial charge in [0.15, 0.2) is 12.4 Å². The molecule has 0 amide bonds. The normalized spacial score (nSPS) is 11.6. The van der Waals surface area contributed by atoms with Crippen LogP contribution in [-0.2, 0) is 9.53 Å². The molecule has 1 heterocycles. The summed E-state index contributed by atoms with van der Waals surface area (Å²) in [7, 11) is 1.68. The molecule has 6 heteroatoms. The molecule has 1 atom stereocenters. The topological polar surface area (TPSA) is 74.5 Å². The van der Waals surface area contributed by atoms with E-state index >= 15 is 0 Å². The molecule has 1 aromatic carbocycles. The lowest BCUT2D eigenvalue weighted by molar-refractivity contribution is -0.113. The monoisotopic (exact) mass is 320 g/mol. The first-order valence-electron chi connectivity index (χ1n) is 7.56. The highest BCUT2D eigenvalue weighted by molar-refractivity contribution is 5.57. The van der Waals surface area contributed by atoms with Gasteiger partial charge >= 0.3 is 0 Å². The number of carbonyl (C=O) groups excluding carboxylic acids is 1. The van der Waals surface area contributed by atoms with E-state index in [-0.39, 0.29) is 5.92 Å². The lowest BCUT2D eigenvalue weighted by atomic mass is 10.2. The van der Waals surface area contributed by atoms with Crippen molar-refractivity contribution < 1.29 is 18.8 Å². The summed E-state index contributed by atoms with van der Waals surface area (Å²) in [5.41, 5.74) is 0.849. The zero-order valence-electron chi connectivity index (χ0n) is 14.3. The first-order chi connectivity index (χ1) is 11.0. The van der Waals surface area contributed by atoms with Gasteiger partial charge in [-0.2, -0.15) is 4.98 Å². The van der Waals surface area contributed by atoms with Crippen LogP contribution >= 0.6 is 0 Å². The first kappa shape index (κ1) is 18.8. The molecule has 2 rings (SSSR count). The molecular formula is C17H24N2O4. The zero-order chi connectivity index (χ0) is 17.2. The van der Waals surface area contributed by atoms with Crippen LogP contribution in [0, 0.1) is 0 Å². The van der Waals surface area contributed by atoms with E-state index in [9.17, 15) is 4.79 Å².